The van der Waals surface area contributed by atoms with Gasteiger partial charge < -0.3 is 9.67 Å². The van der Waals surface area contributed by atoms with Gasteiger partial charge in [0.1, 0.15) is 0 Å². The van der Waals surface area contributed by atoms with E-state index >= 15 is 0 Å². The van der Waals surface area contributed by atoms with Crippen LogP contribution in [0.4, 0.5) is 0 Å². The first-order valence-corrected chi connectivity index (χ1v) is 7.33. The number of nitrogens with zero attached hydrogens (tertiary/aromatic N) is 2. The molecule has 1 aromatic heterocycles. The first kappa shape index (κ1) is 16.8. The molecule has 0 radical (unpaired) electrons. The SMILES string of the molecule is Cc1cc(=O)c(O)c(CN(CC(C)C)CC(C)C)n1C. The second-order valence-electron chi connectivity index (χ2n) is 6.49. The number of hydrogen-bond acceptors (Lipinski definition) is 3. The molecule has 0 aliphatic rings. The Balaban J connectivity index is 3.07. The lowest BCUT2D eigenvalue weighted by Crippen LogP contribution is -2.32. The van der Waals surface area contributed by atoms with Gasteiger partial charge in [0.05, 0.1) is 5.69 Å². The van der Waals surface area contributed by atoms with Gasteiger partial charge in [0.2, 0.25) is 5.43 Å². The lowest BCUT2D eigenvalue weighted by molar-refractivity contribution is 0.204. The number of aromatic nitrogens is 1. The van der Waals surface area contributed by atoms with Crippen molar-refractivity contribution in [3.8, 4) is 5.75 Å². The summed E-state index contributed by atoms with van der Waals surface area (Å²) in [6.45, 7) is 13.1. The molecule has 0 aromatic carbocycles. The van der Waals surface area contributed by atoms with Crippen LogP contribution in [0.5, 0.6) is 5.75 Å². The molecule has 1 heterocycles. The Hall–Kier alpha value is -1.29. The Bertz CT molecular complexity index is 494. The molecule has 0 atom stereocenters. The topological polar surface area (TPSA) is 45.5 Å². The Morgan fingerprint density at radius 3 is 2.15 bits per heavy atom. The smallest absolute Gasteiger partial charge is 0.223 e. The molecule has 0 spiro atoms. The van der Waals surface area contributed by atoms with E-state index < -0.39 is 0 Å². The molecule has 1 rings (SSSR count). The highest BCUT2D eigenvalue weighted by molar-refractivity contribution is 5.29. The molecule has 4 heteroatoms. The molecule has 0 aliphatic carbocycles. The highest BCUT2D eigenvalue weighted by Gasteiger charge is 2.16. The van der Waals surface area contributed by atoms with Crippen LogP contribution in [-0.2, 0) is 13.6 Å². The molecule has 0 fully saturated rings. The fraction of sp³-hybridized carbons (Fsp3) is 0.688. The van der Waals surface area contributed by atoms with Crippen LogP contribution in [0.2, 0.25) is 0 Å². The quantitative estimate of drug-likeness (QED) is 0.871. The average Bonchev–Trinajstić information content (AvgIpc) is 2.30. The summed E-state index contributed by atoms with van der Waals surface area (Å²) < 4.78 is 1.91. The first-order chi connectivity index (χ1) is 9.22. The van der Waals surface area contributed by atoms with E-state index in [4.69, 9.17) is 0 Å². The summed E-state index contributed by atoms with van der Waals surface area (Å²) in [5, 5.41) is 10.1. The Labute approximate surface area is 122 Å². The number of pyridine rings is 1. The molecule has 1 N–H and O–H groups in total. The van der Waals surface area contributed by atoms with Crippen molar-refractivity contribution in [3.05, 3.63) is 27.7 Å². The lowest BCUT2D eigenvalue weighted by atomic mass is 10.1. The fourth-order valence-electron chi connectivity index (χ4n) is 2.50. The zero-order valence-electron chi connectivity index (χ0n) is 13.6. The molecule has 1 aromatic rings. The maximum atomic E-state index is 11.8. The van der Waals surface area contributed by atoms with Gasteiger partial charge in [0.25, 0.3) is 0 Å². The van der Waals surface area contributed by atoms with Crippen LogP contribution in [0.15, 0.2) is 10.9 Å². The fourth-order valence-corrected chi connectivity index (χ4v) is 2.50. The van der Waals surface area contributed by atoms with Crippen molar-refractivity contribution in [2.24, 2.45) is 18.9 Å². The van der Waals surface area contributed by atoms with Gasteiger partial charge in [-0.2, -0.15) is 0 Å². The van der Waals surface area contributed by atoms with Gasteiger partial charge in [-0.3, -0.25) is 9.69 Å². The zero-order valence-corrected chi connectivity index (χ0v) is 13.6. The molecule has 0 saturated heterocycles. The Kier molecular flexibility index (Phi) is 5.81. The van der Waals surface area contributed by atoms with Crippen LogP contribution in [0.3, 0.4) is 0 Å². The van der Waals surface area contributed by atoms with Crippen molar-refractivity contribution in [1.82, 2.24) is 9.47 Å². The van der Waals surface area contributed by atoms with Gasteiger partial charge in [0, 0.05) is 38.4 Å². The number of hydrogen-bond donors (Lipinski definition) is 1. The third-order valence-electron chi connectivity index (χ3n) is 3.40. The third-order valence-corrected chi connectivity index (χ3v) is 3.40. The molecule has 0 saturated carbocycles. The monoisotopic (exact) mass is 280 g/mol. The van der Waals surface area contributed by atoms with Crippen molar-refractivity contribution in [1.29, 1.82) is 0 Å². The van der Waals surface area contributed by atoms with Crippen LogP contribution in [0.1, 0.15) is 39.1 Å². The predicted molar refractivity (Wildman–Crippen MR) is 83.0 cm³/mol. The average molecular weight is 280 g/mol. The minimum absolute atomic E-state index is 0.115. The molecular weight excluding hydrogens is 252 g/mol. The standard InChI is InChI=1S/C16H28N2O2/c1-11(2)8-18(9-12(3)4)10-14-16(20)15(19)7-13(5)17(14)6/h7,11-12,20H,8-10H2,1-6H3. The molecule has 114 valence electrons. The van der Waals surface area contributed by atoms with Crippen LogP contribution < -0.4 is 5.43 Å². The van der Waals surface area contributed by atoms with Gasteiger partial charge in [0.15, 0.2) is 5.75 Å². The van der Waals surface area contributed by atoms with Gasteiger partial charge in [-0.25, -0.2) is 0 Å². The number of aromatic hydroxyl groups is 1. The Morgan fingerprint density at radius 2 is 1.70 bits per heavy atom. The maximum absolute atomic E-state index is 11.8. The maximum Gasteiger partial charge on any atom is 0.223 e. The predicted octanol–water partition coefficient (Wildman–Crippen LogP) is 2.51. The number of rotatable bonds is 6. The molecule has 0 bridgehead atoms. The second kappa shape index (κ2) is 6.93. The van der Waals surface area contributed by atoms with Gasteiger partial charge in [-0.05, 0) is 18.8 Å². The second-order valence-corrected chi connectivity index (χ2v) is 6.49. The van der Waals surface area contributed by atoms with Crippen molar-refractivity contribution >= 4 is 0 Å². The van der Waals surface area contributed by atoms with Crippen LogP contribution in [0.25, 0.3) is 0 Å². The summed E-state index contributed by atoms with van der Waals surface area (Å²) >= 11 is 0. The number of aryl methyl sites for hydroxylation is 1. The van der Waals surface area contributed by atoms with Crippen molar-refractivity contribution in [3.63, 3.8) is 0 Å². The van der Waals surface area contributed by atoms with E-state index in [1.165, 1.54) is 6.07 Å². The minimum atomic E-state index is -0.287. The van der Waals surface area contributed by atoms with E-state index in [0.717, 1.165) is 18.8 Å². The molecular formula is C16H28N2O2. The van der Waals surface area contributed by atoms with Crippen LogP contribution in [-0.4, -0.2) is 27.7 Å². The summed E-state index contributed by atoms with van der Waals surface area (Å²) in [7, 11) is 1.90. The summed E-state index contributed by atoms with van der Waals surface area (Å²) in [6, 6.07) is 1.48. The van der Waals surface area contributed by atoms with Crippen LogP contribution in [0, 0.1) is 18.8 Å². The summed E-state index contributed by atoms with van der Waals surface area (Å²) in [5.41, 5.74) is 1.29. The molecule has 4 nitrogen and oxygen atoms in total. The third kappa shape index (κ3) is 4.37. The van der Waals surface area contributed by atoms with E-state index in [1.54, 1.807) is 0 Å². The summed E-state index contributed by atoms with van der Waals surface area (Å²) in [5.74, 6) is 0.992. The van der Waals surface area contributed by atoms with Gasteiger partial charge >= 0.3 is 0 Å². The summed E-state index contributed by atoms with van der Waals surface area (Å²) in [6.07, 6.45) is 0. The Morgan fingerprint density at radius 1 is 1.20 bits per heavy atom. The highest BCUT2D eigenvalue weighted by atomic mass is 16.3. The largest absolute Gasteiger partial charge is 0.503 e. The van der Waals surface area contributed by atoms with Crippen molar-refractivity contribution < 1.29 is 5.11 Å². The van der Waals surface area contributed by atoms with E-state index in [1.807, 2.05) is 18.5 Å². The molecule has 0 amide bonds. The molecule has 20 heavy (non-hydrogen) atoms. The van der Waals surface area contributed by atoms with E-state index in [-0.39, 0.29) is 11.2 Å². The minimum Gasteiger partial charge on any atom is -0.503 e. The molecule has 0 unspecified atom stereocenters. The highest BCUT2D eigenvalue weighted by Crippen LogP contribution is 2.17. The van der Waals surface area contributed by atoms with Gasteiger partial charge in [-0.15, -0.1) is 0 Å². The molecule has 0 aliphatic heterocycles. The lowest BCUT2D eigenvalue weighted by Gasteiger charge is -2.27. The van der Waals surface area contributed by atoms with Crippen LogP contribution >= 0.6 is 0 Å². The van der Waals surface area contributed by atoms with Crippen molar-refractivity contribution in [2.75, 3.05) is 13.1 Å². The van der Waals surface area contributed by atoms with E-state index in [2.05, 4.69) is 32.6 Å². The van der Waals surface area contributed by atoms with E-state index in [9.17, 15) is 9.90 Å². The van der Waals surface area contributed by atoms with E-state index in [0.29, 0.717) is 24.1 Å². The normalized spacial score (nSPS) is 11.8. The first-order valence-electron chi connectivity index (χ1n) is 7.33. The van der Waals surface area contributed by atoms with Crippen molar-refractivity contribution in [2.45, 2.75) is 41.2 Å². The summed E-state index contributed by atoms with van der Waals surface area (Å²) in [4.78, 5) is 14.1. The van der Waals surface area contributed by atoms with Gasteiger partial charge in [-0.1, -0.05) is 27.7 Å². The zero-order chi connectivity index (χ0) is 15.4.